The zero-order chi connectivity index (χ0) is 19.9. The van der Waals surface area contributed by atoms with Crippen molar-refractivity contribution in [2.45, 2.75) is 13.2 Å². The molecule has 3 aromatic rings. The fourth-order valence-electron chi connectivity index (χ4n) is 2.50. The van der Waals surface area contributed by atoms with E-state index in [4.69, 9.17) is 9.15 Å². The molecule has 0 bridgehead atoms. The SMILES string of the molecule is CNC(=O)c1cccc(CNC(=O)c2ccc(COc3ccc(F)cc3)o2)c1. The molecule has 0 spiro atoms. The van der Waals surface area contributed by atoms with Gasteiger partial charge in [0.25, 0.3) is 11.8 Å². The van der Waals surface area contributed by atoms with Crippen molar-refractivity contribution >= 4 is 11.8 Å². The standard InChI is InChI=1S/C21H19FN2O4/c1-23-20(25)15-4-2-3-14(11-15)12-24-21(26)19-10-9-18(28-19)13-27-17-7-5-16(22)6-8-17/h2-11H,12-13H2,1H3,(H,23,25)(H,24,26). The molecule has 1 aromatic heterocycles. The van der Waals surface area contributed by atoms with E-state index in [0.29, 0.717) is 17.1 Å². The summed E-state index contributed by atoms with van der Waals surface area (Å²) in [4.78, 5) is 23.9. The minimum atomic E-state index is -0.377. The van der Waals surface area contributed by atoms with Gasteiger partial charge in [-0.15, -0.1) is 0 Å². The Labute approximate surface area is 161 Å². The lowest BCUT2D eigenvalue weighted by Gasteiger charge is -2.06. The number of rotatable bonds is 7. The van der Waals surface area contributed by atoms with Crippen LogP contribution in [0.4, 0.5) is 4.39 Å². The van der Waals surface area contributed by atoms with Crippen LogP contribution in [0.2, 0.25) is 0 Å². The molecule has 3 rings (SSSR count). The summed E-state index contributed by atoms with van der Waals surface area (Å²) in [5.74, 6) is 0.213. The average molecular weight is 382 g/mol. The smallest absolute Gasteiger partial charge is 0.287 e. The first kappa shape index (κ1) is 19.2. The number of carbonyl (C=O) groups excluding carboxylic acids is 2. The molecule has 144 valence electrons. The lowest BCUT2D eigenvalue weighted by molar-refractivity contribution is 0.0918. The summed E-state index contributed by atoms with van der Waals surface area (Å²) >= 11 is 0. The van der Waals surface area contributed by atoms with Crippen LogP contribution in [-0.4, -0.2) is 18.9 Å². The largest absolute Gasteiger partial charge is 0.486 e. The molecule has 0 radical (unpaired) electrons. The van der Waals surface area contributed by atoms with Crippen LogP contribution in [0, 0.1) is 5.82 Å². The molecule has 0 saturated heterocycles. The van der Waals surface area contributed by atoms with E-state index < -0.39 is 0 Å². The molecule has 2 aromatic carbocycles. The summed E-state index contributed by atoms with van der Waals surface area (Å²) in [6.07, 6.45) is 0. The second-order valence-corrected chi connectivity index (χ2v) is 5.97. The van der Waals surface area contributed by atoms with Gasteiger partial charge in [-0.25, -0.2) is 4.39 Å². The van der Waals surface area contributed by atoms with Crippen molar-refractivity contribution in [1.29, 1.82) is 0 Å². The van der Waals surface area contributed by atoms with Crippen molar-refractivity contribution in [3.05, 3.63) is 89.1 Å². The first-order valence-corrected chi connectivity index (χ1v) is 8.61. The maximum Gasteiger partial charge on any atom is 0.287 e. The number of carbonyl (C=O) groups is 2. The molecule has 0 aliphatic carbocycles. The first-order valence-electron chi connectivity index (χ1n) is 8.61. The molecule has 7 heteroatoms. The second kappa shape index (κ2) is 8.85. The highest BCUT2D eigenvalue weighted by molar-refractivity contribution is 5.94. The van der Waals surface area contributed by atoms with E-state index in [1.54, 1.807) is 37.4 Å². The normalized spacial score (nSPS) is 10.4. The van der Waals surface area contributed by atoms with E-state index in [1.165, 1.54) is 24.3 Å². The van der Waals surface area contributed by atoms with Gasteiger partial charge in [0, 0.05) is 19.2 Å². The van der Waals surface area contributed by atoms with Crippen molar-refractivity contribution in [3.8, 4) is 5.75 Å². The Kier molecular flexibility index (Phi) is 6.06. The highest BCUT2D eigenvalue weighted by atomic mass is 19.1. The number of benzene rings is 2. The van der Waals surface area contributed by atoms with Crippen LogP contribution in [0.5, 0.6) is 5.75 Å². The van der Waals surface area contributed by atoms with E-state index >= 15 is 0 Å². The van der Waals surface area contributed by atoms with Gasteiger partial charge in [-0.2, -0.15) is 0 Å². The van der Waals surface area contributed by atoms with Gasteiger partial charge in [0.1, 0.15) is 23.9 Å². The van der Waals surface area contributed by atoms with Gasteiger partial charge < -0.3 is 19.8 Å². The van der Waals surface area contributed by atoms with Crippen LogP contribution in [0.3, 0.4) is 0 Å². The first-order chi connectivity index (χ1) is 13.5. The maximum atomic E-state index is 12.9. The van der Waals surface area contributed by atoms with Crippen LogP contribution in [-0.2, 0) is 13.2 Å². The van der Waals surface area contributed by atoms with Crippen molar-refractivity contribution in [2.24, 2.45) is 0 Å². The molecule has 1 heterocycles. The van der Waals surface area contributed by atoms with Crippen LogP contribution in [0.15, 0.2) is 65.1 Å². The van der Waals surface area contributed by atoms with E-state index in [2.05, 4.69) is 10.6 Å². The van der Waals surface area contributed by atoms with Crippen LogP contribution < -0.4 is 15.4 Å². The molecule has 0 saturated carbocycles. The Morgan fingerprint density at radius 2 is 1.82 bits per heavy atom. The zero-order valence-corrected chi connectivity index (χ0v) is 15.2. The Morgan fingerprint density at radius 1 is 1.04 bits per heavy atom. The maximum absolute atomic E-state index is 12.9. The summed E-state index contributed by atoms with van der Waals surface area (Å²) < 4.78 is 23.8. The Balaban J connectivity index is 1.54. The molecule has 2 N–H and O–H groups in total. The van der Waals surface area contributed by atoms with Crippen molar-refractivity contribution in [1.82, 2.24) is 10.6 Å². The van der Waals surface area contributed by atoms with Gasteiger partial charge >= 0.3 is 0 Å². The predicted octanol–water partition coefficient (Wildman–Crippen LogP) is 3.29. The molecule has 28 heavy (non-hydrogen) atoms. The molecule has 0 aliphatic heterocycles. The fraction of sp³-hybridized carbons (Fsp3) is 0.143. The quantitative estimate of drug-likeness (QED) is 0.657. The summed E-state index contributed by atoms with van der Waals surface area (Å²) in [6, 6.07) is 15.8. The average Bonchev–Trinajstić information content (AvgIpc) is 3.20. The Bertz CT molecular complexity index is 967. The number of ether oxygens (including phenoxy) is 1. The molecule has 0 aliphatic rings. The third-order valence-electron chi connectivity index (χ3n) is 3.95. The summed E-state index contributed by atoms with van der Waals surface area (Å²) in [5, 5.41) is 5.30. The molecular formula is C21H19FN2O4. The highest BCUT2D eigenvalue weighted by Gasteiger charge is 2.12. The van der Waals surface area contributed by atoms with Crippen LogP contribution in [0.1, 0.15) is 32.2 Å². The van der Waals surface area contributed by atoms with Crippen molar-refractivity contribution in [3.63, 3.8) is 0 Å². The number of hydrogen-bond acceptors (Lipinski definition) is 4. The number of halogens is 1. The molecular weight excluding hydrogens is 363 g/mol. The van der Waals surface area contributed by atoms with Gasteiger partial charge in [-0.05, 0) is 54.1 Å². The highest BCUT2D eigenvalue weighted by Crippen LogP contribution is 2.15. The van der Waals surface area contributed by atoms with Crippen LogP contribution in [0.25, 0.3) is 0 Å². The molecule has 6 nitrogen and oxygen atoms in total. The molecule has 2 amide bonds. The minimum Gasteiger partial charge on any atom is -0.486 e. The lowest BCUT2D eigenvalue weighted by atomic mass is 10.1. The minimum absolute atomic E-state index is 0.118. The molecule has 0 unspecified atom stereocenters. The van der Waals surface area contributed by atoms with Crippen LogP contribution >= 0.6 is 0 Å². The van der Waals surface area contributed by atoms with Gasteiger partial charge in [-0.3, -0.25) is 9.59 Å². The van der Waals surface area contributed by atoms with Gasteiger partial charge in [-0.1, -0.05) is 12.1 Å². The molecule has 0 fully saturated rings. The fourth-order valence-corrected chi connectivity index (χ4v) is 2.50. The van der Waals surface area contributed by atoms with Gasteiger partial charge in [0.2, 0.25) is 0 Å². The Morgan fingerprint density at radius 3 is 2.57 bits per heavy atom. The third kappa shape index (κ3) is 4.97. The zero-order valence-electron chi connectivity index (χ0n) is 15.2. The number of nitrogens with one attached hydrogen (secondary N) is 2. The monoisotopic (exact) mass is 382 g/mol. The predicted molar refractivity (Wildman–Crippen MR) is 100 cm³/mol. The Hall–Kier alpha value is -3.61. The van der Waals surface area contributed by atoms with E-state index in [9.17, 15) is 14.0 Å². The van der Waals surface area contributed by atoms with Gasteiger partial charge in [0.05, 0.1) is 0 Å². The third-order valence-corrected chi connectivity index (χ3v) is 3.95. The topological polar surface area (TPSA) is 80.6 Å². The summed E-state index contributed by atoms with van der Waals surface area (Å²) in [6.45, 7) is 0.374. The van der Waals surface area contributed by atoms with Gasteiger partial charge in [0.15, 0.2) is 5.76 Å². The molecule has 0 atom stereocenters. The van der Waals surface area contributed by atoms with Crippen molar-refractivity contribution in [2.75, 3.05) is 7.05 Å². The number of furan rings is 1. The second-order valence-electron chi connectivity index (χ2n) is 5.97. The van der Waals surface area contributed by atoms with E-state index in [1.807, 2.05) is 6.07 Å². The summed E-state index contributed by atoms with van der Waals surface area (Å²) in [7, 11) is 1.56. The van der Waals surface area contributed by atoms with Crippen molar-refractivity contribution < 1.29 is 23.1 Å². The number of amides is 2. The number of hydrogen-bond donors (Lipinski definition) is 2. The lowest BCUT2D eigenvalue weighted by Crippen LogP contribution is -2.23. The summed E-state index contributed by atoms with van der Waals surface area (Å²) in [5.41, 5.74) is 1.31. The van der Waals surface area contributed by atoms with E-state index in [-0.39, 0.29) is 36.5 Å². The van der Waals surface area contributed by atoms with E-state index in [0.717, 1.165) is 5.56 Å².